The number of rotatable bonds is 2. The van der Waals surface area contributed by atoms with Crippen LogP contribution in [-0.2, 0) is 5.41 Å². The van der Waals surface area contributed by atoms with Crippen LogP contribution in [0.2, 0.25) is 0 Å². The first kappa shape index (κ1) is 23.5. The van der Waals surface area contributed by atoms with Gasteiger partial charge in [-0.2, -0.15) is 0 Å². The van der Waals surface area contributed by atoms with Gasteiger partial charge in [-0.25, -0.2) is 0 Å². The molecule has 2 nitrogen and oxygen atoms in total. The summed E-state index contributed by atoms with van der Waals surface area (Å²) in [5.41, 5.74) is 6.71. The van der Waals surface area contributed by atoms with Crippen molar-refractivity contribution in [3.8, 4) is 22.6 Å². The molecule has 6 rings (SSSR count). The molecule has 4 aromatic rings. The second kappa shape index (κ2) is 8.32. The number of benzene rings is 4. The van der Waals surface area contributed by atoms with Crippen molar-refractivity contribution in [3.05, 3.63) is 98.4 Å². The van der Waals surface area contributed by atoms with Crippen molar-refractivity contribution in [1.29, 1.82) is 0 Å². The van der Waals surface area contributed by atoms with Crippen LogP contribution in [0.5, 0.6) is 11.5 Å². The molecule has 1 atom stereocenters. The van der Waals surface area contributed by atoms with Crippen LogP contribution in [0.3, 0.4) is 0 Å². The van der Waals surface area contributed by atoms with Crippen LogP contribution in [0.25, 0.3) is 21.9 Å². The van der Waals surface area contributed by atoms with E-state index >= 15 is 0 Å². The van der Waals surface area contributed by atoms with Crippen molar-refractivity contribution in [2.45, 2.75) is 17.2 Å². The molecule has 1 unspecified atom stereocenters. The summed E-state index contributed by atoms with van der Waals surface area (Å²) in [6, 6.07) is 19.3. The normalized spacial score (nSPS) is 18.0. The fourth-order valence-corrected chi connectivity index (χ4v) is 7.97. The third-order valence-electron chi connectivity index (χ3n) is 7.51. The molecule has 0 aromatic heterocycles. The van der Waals surface area contributed by atoms with Gasteiger partial charge in [-0.05, 0) is 0 Å². The molecule has 1 spiro atoms. The average Bonchev–Trinajstić information content (AvgIpc) is 3.16. The van der Waals surface area contributed by atoms with Crippen LogP contribution in [0.15, 0.2) is 86.6 Å². The molecule has 36 heavy (non-hydrogen) atoms. The molecule has 0 saturated carbocycles. The fourth-order valence-electron chi connectivity index (χ4n) is 5.93. The number of phenols is 2. The molecule has 1 heterocycles. The van der Waals surface area contributed by atoms with Crippen molar-refractivity contribution in [2.75, 3.05) is 0 Å². The van der Waals surface area contributed by atoms with Gasteiger partial charge in [0, 0.05) is 0 Å². The van der Waals surface area contributed by atoms with Crippen molar-refractivity contribution in [3.63, 3.8) is 0 Å². The van der Waals surface area contributed by atoms with E-state index in [9.17, 15) is 10.2 Å². The zero-order chi connectivity index (χ0) is 25.4. The van der Waals surface area contributed by atoms with Gasteiger partial charge < -0.3 is 0 Å². The maximum absolute atomic E-state index is 11.5. The van der Waals surface area contributed by atoms with Crippen LogP contribution in [-0.4, -0.2) is 39.4 Å². The third-order valence-corrected chi connectivity index (χ3v) is 9.43. The first-order chi connectivity index (χ1) is 17.3. The summed E-state index contributed by atoms with van der Waals surface area (Å²) < 4.78 is 0.603. The van der Waals surface area contributed by atoms with E-state index in [1.807, 2.05) is 19.0 Å². The SMILES string of the molecule is B=CC1=C(/C=C\C)Sc2ccc(B)cc2C12c1cc3ccccc3cc1-c1c(O)c(B)c(O)c(Br)c12. The third kappa shape index (κ3) is 2.93. The molecule has 0 bridgehead atoms. The number of phenolic OH excluding ortho intramolecular Hbond substituents is 2. The van der Waals surface area contributed by atoms with Crippen molar-refractivity contribution >= 4 is 78.5 Å². The monoisotopic (exact) mass is 546 g/mol. The Balaban J connectivity index is 1.94. The molecule has 0 radical (unpaired) electrons. The quantitative estimate of drug-likeness (QED) is 0.378. The molecule has 2 aliphatic rings. The number of allylic oxidation sites excluding steroid dienone is 3. The number of thioether (sulfide) groups is 1. The maximum atomic E-state index is 11.5. The molecule has 1 aliphatic heterocycles. The fraction of sp³-hybridized carbons (Fsp3) is 0.0690. The summed E-state index contributed by atoms with van der Waals surface area (Å²) in [6.07, 6.45) is 4.18. The molecule has 0 saturated heterocycles. The molecule has 7 heteroatoms. The van der Waals surface area contributed by atoms with Gasteiger partial charge in [-0.1, -0.05) is 0 Å². The van der Waals surface area contributed by atoms with E-state index in [1.165, 1.54) is 0 Å². The Morgan fingerprint density at radius 1 is 0.972 bits per heavy atom. The Bertz CT molecular complexity index is 1710. The van der Waals surface area contributed by atoms with Gasteiger partial charge >= 0.3 is 227 Å². The molecule has 1 aliphatic carbocycles. The Hall–Kier alpha value is -2.89. The average molecular weight is 547 g/mol. The van der Waals surface area contributed by atoms with E-state index in [4.69, 9.17) is 0 Å². The van der Waals surface area contributed by atoms with Crippen LogP contribution >= 0.6 is 27.7 Å². The van der Waals surface area contributed by atoms with E-state index in [0.717, 1.165) is 59.4 Å². The van der Waals surface area contributed by atoms with Gasteiger partial charge in [0.15, 0.2) is 0 Å². The molecular formula is C29H22B3BrO2S. The molecular weight excluding hydrogens is 525 g/mol. The second-order valence-corrected chi connectivity index (χ2v) is 11.3. The van der Waals surface area contributed by atoms with Gasteiger partial charge in [-0.15, -0.1) is 0 Å². The van der Waals surface area contributed by atoms with Crippen molar-refractivity contribution in [2.24, 2.45) is 0 Å². The summed E-state index contributed by atoms with van der Waals surface area (Å²) in [6.45, 7) is 2.02. The molecule has 4 aromatic carbocycles. The first-order valence-electron chi connectivity index (χ1n) is 11.9. The molecule has 0 fully saturated rings. The van der Waals surface area contributed by atoms with E-state index in [-0.39, 0.29) is 11.5 Å². The number of aromatic hydroxyl groups is 2. The summed E-state index contributed by atoms with van der Waals surface area (Å²) in [5.74, 6) is 2.12. The van der Waals surface area contributed by atoms with Crippen LogP contribution in [0, 0.1) is 0 Å². The molecule has 2 N–H and O–H groups in total. The van der Waals surface area contributed by atoms with E-state index in [1.54, 1.807) is 19.6 Å². The summed E-state index contributed by atoms with van der Waals surface area (Å²) in [4.78, 5) is 2.25. The predicted molar refractivity (Wildman–Crippen MR) is 164 cm³/mol. The zero-order valence-corrected chi connectivity index (χ0v) is 22.7. The summed E-state index contributed by atoms with van der Waals surface area (Å²) >= 11 is 5.52. The Morgan fingerprint density at radius 2 is 1.69 bits per heavy atom. The minimum atomic E-state index is -0.764. The Morgan fingerprint density at radius 3 is 2.39 bits per heavy atom. The van der Waals surface area contributed by atoms with Gasteiger partial charge in [0.05, 0.1) is 0 Å². The number of fused-ring (bicyclic) bond motifs is 8. The van der Waals surface area contributed by atoms with Gasteiger partial charge in [0.2, 0.25) is 0 Å². The van der Waals surface area contributed by atoms with E-state index < -0.39 is 5.41 Å². The number of hydrogen-bond donors (Lipinski definition) is 2. The number of hydrogen-bond acceptors (Lipinski definition) is 3. The van der Waals surface area contributed by atoms with Gasteiger partial charge in [0.1, 0.15) is 0 Å². The molecule has 0 amide bonds. The summed E-state index contributed by atoms with van der Waals surface area (Å²) in [7, 11) is 8.15. The first-order valence-corrected chi connectivity index (χ1v) is 13.5. The van der Waals surface area contributed by atoms with Crippen molar-refractivity contribution < 1.29 is 10.2 Å². The minimum absolute atomic E-state index is 0.0615. The van der Waals surface area contributed by atoms with E-state index in [0.29, 0.717) is 9.94 Å². The van der Waals surface area contributed by atoms with Gasteiger partial charge in [0.25, 0.3) is 0 Å². The van der Waals surface area contributed by atoms with Crippen LogP contribution < -0.4 is 10.9 Å². The van der Waals surface area contributed by atoms with Gasteiger partial charge in [-0.3, -0.25) is 0 Å². The van der Waals surface area contributed by atoms with Crippen LogP contribution in [0.4, 0.5) is 0 Å². The zero-order valence-electron chi connectivity index (χ0n) is 20.3. The van der Waals surface area contributed by atoms with Crippen LogP contribution in [0.1, 0.15) is 23.6 Å². The van der Waals surface area contributed by atoms with Crippen molar-refractivity contribution in [1.82, 2.24) is 0 Å². The predicted octanol–water partition coefficient (Wildman–Crippen LogP) is 3.48. The molecule has 172 valence electrons. The standard InChI is InChI=1S/C29H22B3BrO2S/c1-2-5-21-20(13-30)29(19-12-16(31)8-9-22(19)36-21)18-11-15-7-4-3-6-14(15)10-17(18)23-24(29)26(33)28(35)25(32)27(23)34/h2-13,30,34-35H,31-32H2,1H3/b5-2-. The topological polar surface area (TPSA) is 40.5 Å². The Kier molecular flexibility index (Phi) is 5.44. The Labute approximate surface area is 226 Å². The van der Waals surface area contributed by atoms with E-state index in [2.05, 4.69) is 91.9 Å². The summed E-state index contributed by atoms with van der Waals surface area (Å²) in [5, 5.41) is 25.0. The number of halogens is 1. The second-order valence-electron chi connectivity index (χ2n) is 9.46.